The molecule has 11 nitrogen and oxygen atoms in total. The number of hydrogen-bond donors (Lipinski definition) is 7. The third-order valence-corrected chi connectivity index (χ3v) is 5.84. The van der Waals surface area contributed by atoms with Crippen LogP contribution in [-0.4, -0.2) is 69.7 Å². The van der Waals surface area contributed by atoms with Crippen LogP contribution in [0.3, 0.4) is 0 Å². The maximum Gasteiger partial charge on any atom is 0.326 e. The van der Waals surface area contributed by atoms with Crippen LogP contribution in [-0.2, 0) is 25.6 Å². The van der Waals surface area contributed by atoms with Gasteiger partial charge in [-0.2, -0.15) is 0 Å². The van der Waals surface area contributed by atoms with E-state index in [1.165, 1.54) is 0 Å². The number of aliphatic carboxylic acids is 1. The van der Waals surface area contributed by atoms with Crippen LogP contribution in [0.15, 0.2) is 30.5 Å². The lowest BCUT2D eigenvalue weighted by molar-refractivity contribution is -0.143. The number of benzene rings is 1. The van der Waals surface area contributed by atoms with Crippen molar-refractivity contribution in [1.82, 2.24) is 20.9 Å². The number of nitrogens with one attached hydrogen (secondary N) is 4. The molecule has 0 aliphatic carbocycles. The summed E-state index contributed by atoms with van der Waals surface area (Å²) in [7, 11) is 0. The highest BCUT2D eigenvalue weighted by atomic mass is 16.4. The topological polar surface area (TPSA) is 187 Å². The number of aliphatic hydroxyl groups is 1. The lowest BCUT2D eigenvalue weighted by atomic mass is 9.99. The van der Waals surface area contributed by atoms with Crippen LogP contribution < -0.4 is 21.7 Å². The maximum absolute atomic E-state index is 13.4. The fourth-order valence-electron chi connectivity index (χ4n) is 3.83. The van der Waals surface area contributed by atoms with E-state index in [0.717, 1.165) is 16.5 Å². The fourth-order valence-corrected chi connectivity index (χ4v) is 3.83. The first-order valence-electron chi connectivity index (χ1n) is 12.0. The molecule has 0 saturated heterocycles. The summed E-state index contributed by atoms with van der Waals surface area (Å²) >= 11 is 0. The van der Waals surface area contributed by atoms with Gasteiger partial charge in [-0.15, -0.1) is 0 Å². The van der Waals surface area contributed by atoms with E-state index in [4.69, 9.17) is 5.73 Å². The van der Waals surface area contributed by atoms with Gasteiger partial charge in [0.25, 0.3) is 0 Å². The first-order chi connectivity index (χ1) is 16.9. The van der Waals surface area contributed by atoms with E-state index in [9.17, 15) is 29.4 Å². The molecule has 2 rings (SSSR count). The van der Waals surface area contributed by atoms with Gasteiger partial charge in [-0.25, -0.2) is 4.79 Å². The van der Waals surface area contributed by atoms with Crippen molar-refractivity contribution in [1.29, 1.82) is 0 Å². The molecule has 1 heterocycles. The van der Waals surface area contributed by atoms with Crippen LogP contribution in [0.5, 0.6) is 0 Å². The lowest BCUT2D eigenvalue weighted by Crippen LogP contribution is -2.58. The number of rotatable bonds is 13. The molecule has 0 aliphatic rings. The Morgan fingerprint density at radius 2 is 1.56 bits per heavy atom. The van der Waals surface area contributed by atoms with Crippen molar-refractivity contribution in [3.63, 3.8) is 0 Å². The number of carbonyl (C=O) groups is 4. The van der Waals surface area contributed by atoms with Crippen LogP contribution in [0.1, 0.15) is 39.7 Å². The first kappa shape index (κ1) is 28.8. The smallest absolute Gasteiger partial charge is 0.326 e. The third kappa shape index (κ3) is 7.79. The summed E-state index contributed by atoms with van der Waals surface area (Å²) in [5, 5.41) is 27.3. The SMILES string of the molecule is CC(C)CC(NC(=O)C(Cc1c[nH]c2ccccc12)NC(=O)C(N)CO)C(=O)NC(C(=O)O)C(C)C. The molecule has 8 N–H and O–H groups in total. The Hall–Kier alpha value is -3.44. The lowest BCUT2D eigenvalue weighted by Gasteiger charge is -2.26. The highest BCUT2D eigenvalue weighted by Gasteiger charge is 2.32. The Balaban J connectivity index is 2.29. The summed E-state index contributed by atoms with van der Waals surface area (Å²) in [5.74, 6) is -3.49. The van der Waals surface area contributed by atoms with E-state index < -0.39 is 54.5 Å². The second kappa shape index (κ2) is 13.0. The van der Waals surface area contributed by atoms with E-state index in [2.05, 4.69) is 20.9 Å². The number of H-pyrrole nitrogens is 1. The molecule has 1 aromatic carbocycles. The van der Waals surface area contributed by atoms with Crippen LogP contribution in [0, 0.1) is 11.8 Å². The van der Waals surface area contributed by atoms with Gasteiger partial charge in [0.05, 0.1) is 6.61 Å². The standard InChI is InChI=1S/C25H37N5O6/c1-13(2)9-19(24(34)30-21(14(3)4)25(35)36)29-23(33)20(28-22(32)17(26)12-31)10-15-11-27-18-8-6-5-7-16(15)18/h5-8,11,13-14,17,19-21,27,31H,9-10,12,26H2,1-4H3,(H,28,32)(H,29,33)(H,30,34)(H,35,36). The van der Waals surface area contributed by atoms with Crippen LogP contribution in [0.25, 0.3) is 10.9 Å². The molecule has 0 aliphatic heterocycles. The number of amides is 3. The molecule has 198 valence electrons. The number of carboxylic acids is 1. The highest BCUT2D eigenvalue weighted by Crippen LogP contribution is 2.19. The van der Waals surface area contributed by atoms with Crippen molar-refractivity contribution in [2.75, 3.05) is 6.61 Å². The van der Waals surface area contributed by atoms with E-state index in [1.807, 2.05) is 38.1 Å². The number of aromatic nitrogens is 1. The molecular weight excluding hydrogens is 466 g/mol. The number of para-hydroxylation sites is 1. The van der Waals surface area contributed by atoms with Crippen molar-refractivity contribution in [2.45, 2.75) is 64.7 Å². The Morgan fingerprint density at radius 3 is 2.14 bits per heavy atom. The molecule has 4 atom stereocenters. The monoisotopic (exact) mass is 503 g/mol. The van der Waals surface area contributed by atoms with Gasteiger partial charge in [0.2, 0.25) is 17.7 Å². The predicted octanol–water partition coefficient (Wildman–Crippen LogP) is 0.271. The maximum atomic E-state index is 13.4. The van der Waals surface area contributed by atoms with Gasteiger partial charge >= 0.3 is 5.97 Å². The summed E-state index contributed by atoms with van der Waals surface area (Å²) in [6, 6.07) is 3.02. The zero-order valence-corrected chi connectivity index (χ0v) is 21.1. The van der Waals surface area contributed by atoms with E-state index in [0.29, 0.717) is 0 Å². The first-order valence-corrected chi connectivity index (χ1v) is 12.0. The Labute approximate surface area is 210 Å². The van der Waals surface area contributed by atoms with Gasteiger partial charge in [0.15, 0.2) is 0 Å². The van der Waals surface area contributed by atoms with E-state index >= 15 is 0 Å². The number of aromatic amines is 1. The summed E-state index contributed by atoms with van der Waals surface area (Å²) < 4.78 is 0. The van der Waals surface area contributed by atoms with Crippen LogP contribution in [0.4, 0.5) is 0 Å². The van der Waals surface area contributed by atoms with Crippen molar-refractivity contribution in [3.05, 3.63) is 36.0 Å². The molecule has 0 spiro atoms. The minimum absolute atomic E-state index is 0.00727. The molecule has 2 aromatic rings. The Kier molecular flexibility index (Phi) is 10.4. The van der Waals surface area contributed by atoms with Crippen LogP contribution >= 0.6 is 0 Å². The molecule has 0 radical (unpaired) electrons. The minimum Gasteiger partial charge on any atom is -0.480 e. The average Bonchev–Trinajstić information content (AvgIpc) is 3.22. The zero-order valence-electron chi connectivity index (χ0n) is 21.1. The molecule has 11 heteroatoms. The van der Waals surface area contributed by atoms with Crippen LogP contribution in [0.2, 0.25) is 0 Å². The third-order valence-electron chi connectivity index (χ3n) is 5.84. The molecule has 1 aromatic heterocycles. The normalized spacial score (nSPS) is 14.8. The molecule has 36 heavy (non-hydrogen) atoms. The Morgan fingerprint density at radius 1 is 0.944 bits per heavy atom. The van der Waals surface area contributed by atoms with Gasteiger partial charge in [0.1, 0.15) is 24.2 Å². The highest BCUT2D eigenvalue weighted by molar-refractivity contribution is 5.95. The predicted molar refractivity (Wildman–Crippen MR) is 135 cm³/mol. The molecule has 0 saturated carbocycles. The number of nitrogens with two attached hydrogens (primary N) is 1. The minimum atomic E-state index is -1.22. The van der Waals surface area contributed by atoms with Gasteiger partial charge in [-0.05, 0) is 29.9 Å². The number of aliphatic hydroxyl groups excluding tert-OH is 1. The van der Waals surface area contributed by atoms with Gasteiger partial charge in [0, 0.05) is 23.5 Å². The molecule has 4 unspecified atom stereocenters. The molecular formula is C25H37N5O6. The van der Waals surface area contributed by atoms with Gasteiger partial charge < -0.3 is 36.9 Å². The number of hydrogen-bond acceptors (Lipinski definition) is 6. The zero-order chi connectivity index (χ0) is 27.0. The quantitative estimate of drug-likeness (QED) is 0.204. The molecule has 0 fully saturated rings. The second-order valence-electron chi connectivity index (χ2n) is 9.67. The molecule has 3 amide bonds. The average molecular weight is 504 g/mol. The van der Waals surface area contributed by atoms with E-state index in [1.54, 1.807) is 20.0 Å². The Bertz CT molecular complexity index is 1070. The fraction of sp³-hybridized carbons (Fsp3) is 0.520. The number of carboxylic acid groups (broad SMARTS) is 1. The van der Waals surface area contributed by atoms with Gasteiger partial charge in [-0.1, -0.05) is 45.9 Å². The summed E-state index contributed by atoms with van der Waals surface area (Å²) in [5.41, 5.74) is 7.26. The summed E-state index contributed by atoms with van der Waals surface area (Å²) in [6.07, 6.45) is 2.09. The summed E-state index contributed by atoms with van der Waals surface area (Å²) in [6.45, 7) is 6.49. The largest absolute Gasteiger partial charge is 0.480 e. The van der Waals surface area contributed by atoms with Crippen molar-refractivity contribution >= 4 is 34.6 Å². The van der Waals surface area contributed by atoms with Gasteiger partial charge in [-0.3, -0.25) is 14.4 Å². The second-order valence-corrected chi connectivity index (χ2v) is 9.67. The number of carbonyl (C=O) groups excluding carboxylic acids is 3. The van der Waals surface area contributed by atoms with Crippen molar-refractivity contribution in [2.24, 2.45) is 17.6 Å². The summed E-state index contributed by atoms with van der Waals surface area (Å²) in [4.78, 5) is 53.5. The molecule has 0 bridgehead atoms. The van der Waals surface area contributed by atoms with Crippen molar-refractivity contribution in [3.8, 4) is 0 Å². The van der Waals surface area contributed by atoms with Crippen molar-refractivity contribution < 1.29 is 29.4 Å². The van der Waals surface area contributed by atoms with E-state index in [-0.39, 0.29) is 24.7 Å². The number of fused-ring (bicyclic) bond motifs is 1.